The number of hydrogen-bond donors (Lipinski definition) is 3. The maximum absolute atomic E-state index is 13.7. The summed E-state index contributed by atoms with van der Waals surface area (Å²) in [7, 11) is 0. The van der Waals surface area contributed by atoms with Crippen LogP contribution in [0, 0.1) is 5.82 Å². The third-order valence-corrected chi connectivity index (χ3v) is 3.95. The molecule has 3 aromatic rings. The van der Waals surface area contributed by atoms with E-state index in [0.29, 0.717) is 12.0 Å². The van der Waals surface area contributed by atoms with E-state index < -0.39 is 0 Å². The molecule has 4 N–H and O–H groups in total. The molecule has 1 aromatic carbocycles. The van der Waals surface area contributed by atoms with Crippen molar-refractivity contribution in [2.75, 3.05) is 6.54 Å². The summed E-state index contributed by atoms with van der Waals surface area (Å²) >= 11 is 0. The molecular formula is C19H21Cl2FN4O. The van der Waals surface area contributed by atoms with E-state index in [1.54, 1.807) is 36.7 Å². The molecule has 144 valence electrons. The van der Waals surface area contributed by atoms with Crippen LogP contribution in [-0.2, 0) is 11.2 Å². The number of pyridine rings is 1. The minimum absolute atomic E-state index is 0. The Morgan fingerprint density at radius 2 is 2.04 bits per heavy atom. The van der Waals surface area contributed by atoms with Gasteiger partial charge in [0.25, 0.3) is 0 Å². The molecule has 0 aliphatic heterocycles. The predicted octanol–water partition coefficient (Wildman–Crippen LogP) is 3.25. The van der Waals surface area contributed by atoms with Crippen molar-refractivity contribution in [3.63, 3.8) is 0 Å². The Balaban J connectivity index is 0.00000182. The lowest BCUT2D eigenvalue weighted by Gasteiger charge is -2.16. The van der Waals surface area contributed by atoms with E-state index in [2.05, 4.69) is 15.3 Å². The number of nitrogens with one attached hydrogen (secondary N) is 2. The fourth-order valence-corrected chi connectivity index (χ4v) is 2.65. The molecule has 0 aliphatic carbocycles. The number of aromatic amines is 1. The first-order chi connectivity index (χ1) is 12.2. The van der Waals surface area contributed by atoms with Gasteiger partial charge in [0.2, 0.25) is 5.91 Å². The van der Waals surface area contributed by atoms with Gasteiger partial charge in [-0.2, -0.15) is 0 Å². The molecule has 2 aromatic heterocycles. The highest BCUT2D eigenvalue weighted by Gasteiger charge is 2.12. The second kappa shape index (κ2) is 10.7. The molecule has 3 rings (SSSR count). The zero-order valence-corrected chi connectivity index (χ0v) is 16.0. The van der Waals surface area contributed by atoms with Gasteiger partial charge in [-0.1, -0.05) is 18.2 Å². The van der Waals surface area contributed by atoms with Crippen LogP contribution >= 0.6 is 24.8 Å². The van der Waals surface area contributed by atoms with Crippen molar-refractivity contribution in [1.82, 2.24) is 15.3 Å². The molecule has 0 radical (unpaired) electrons. The number of amides is 1. The number of nitrogens with two attached hydrogens (primary N) is 1. The van der Waals surface area contributed by atoms with Crippen LogP contribution in [-0.4, -0.2) is 28.5 Å². The summed E-state index contributed by atoms with van der Waals surface area (Å²) in [5, 5.41) is 3.75. The number of nitrogens with zero attached hydrogens (tertiary/aromatic N) is 1. The minimum Gasteiger partial charge on any atom is -0.348 e. The minimum atomic E-state index is -0.335. The lowest BCUT2D eigenvalue weighted by molar-refractivity contribution is -0.117. The van der Waals surface area contributed by atoms with E-state index >= 15 is 0 Å². The number of aromatic nitrogens is 2. The summed E-state index contributed by atoms with van der Waals surface area (Å²) in [6.45, 7) is 0.227. The van der Waals surface area contributed by atoms with E-state index in [1.807, 2.05) is 12.1 Å². The molecule has 0 bridgehead atoms. The first kappa shape index (κ1) is 22.6. The van der Waals surface area contributed by atoms with E-state index in [0.717, 1.165) is 16.6 Å². The zero-order chi connectivity index (χ0) is 17.6. The van der Waals surface area contributed by atoms with Gasteiger partial charge >= 0.3 is 0 Å². The fraction of sp³-hybridized carbons (Fsp3) is 0.158. The lowest BCUT2D eigenvalue weighted by Crippen LogP contribution is -2.41. The number of carbonyl (C=O) groups is 1. The Labute approximate surface area is 169 Å². The maximum atomic E-state index is 13.7. The number of carbonyl (C=O) groups excluding carboxylic acids is 1. The van der Waals surface area contributed by atoms with Crippen molar-refractivity contribution in [1.29, 1.82) is 0 Å². The van der Waals surface area contributed by atoms with E-state index in [-0.39, 0.29) is 49.1 Å². The largest absolute Gasteiger partial charge is 0.348 e. The molecule has 0 aliphatic rings. The number of H-pyrrole nitrogens is 1. The summed E-state index contributed by atoms with van der Waals surface area (Å²) in [5.74, 6) is -0.568. The van der Waals surface area contributed by atoms with Crippen LogP contribution in [0.3, 0.4) is 0 Å². The van der Waals surface area contributed by atoms with Crippen molar-refractivity contribution in [3.8, 4) is 0 Å². The molecule has 2 heterocycles. The first-order valence-electron chi connectivity index (χ1n) is 8.01. The van der Waals surface area contributed by atoms with Crippen LogP contribution in [0.15, 0.2) is 54.9 Å². The molecule has 1 amide bonds. The van der Waals surface area contributed by atoms with Crippen LogP contribution in [0.4, 0.5) is 4.39 Å². The van der Waals surface area contributed by atoms with Crippen LogP contribution in [0.25, 0.3) is 17.1 Å². The normalized spacial score (nSPS) is 11.6. The highest BCUT2D eigenvalue weighted by molar-refractivity contribution is 5.95. The summed E-state index contributed by atoms with van der Waals surface area (Å²) in [4.78, 5) is 19.4. The Morgan fingerprint density at radius 3 is 2.78 bits per heavy atom. The molecule has 27 heavy (non-hydrogen) atoms. The number of fused-ring (bicyclic) bond motifs is 1. The van der Waals surface area contributed by atoms with Crippen molar-refractivity contribution in [2.45, 2.75) is 12.5 Å². The van der Waals surface area contributed by atoms with Gasteiger partial charge < -0.3 is 16.0 Å². The number of halogens is 3. The number of hydrogen-bond acceptors (Lipinski definition) is 3. The highest BCUT2D eigenvalue weighted by atomic mass is 35.5. The second-order valence-electron chi connectivity index (χ2n) is 5.71. The van der Waals surface area contributed by atoms with Crippen LogP contribution in [0.2, 0.25) is 0 Å². The van der Waals surface area contributed by atoms with Gasteiger partial charge in [-0.05, 0) is 36.3 Å². The van der Waals surface area contributed by atoms with Gasteiger partial charge in [-0.25, -0.2) is 9.37 Å². The van der Waals surface area contributed by atoms with Crippen molar-refractivity contribution in [2.24, 2.45) is 5.73 Å². The third kappa shape index (κ3) is 5.79. The maximum Gasteiger partial charge on any atom is 0.244 e. The summed E-state index contributed by atoms with van der Waals surface area (Å²) in [6.07, 6.45) is 7.00. The Morgan fingerprint density at radius 1 is 1.26 bits per heavy atom. The van der Waals surface area contributed by atoms with Gasteiger partial charge in [-0.3, -0.25) is 4.79 Å². The van der Waals surface area contributed by atoms with Crippen LogP contribution in [0.5, 0.6) is 0 Å². The first-order valence-corrected chi connectivity index (χ1v) is 8.01. The molecule has 0 saturated carbocycles. The van der Waals surface area contributed by atoms with Gasteiger partial charge in [0.1, 0.15) is 11.5 Å². The summed E-state index contributed by atoms with van der Waals surface area (Å²) in [5.41, 5.74) is 7.88. The van der Waals surface area contributed by atoms with Gasteiger partial charge in [0, 0.05) is 42.0 Å². The van der Waals surface area contributed by atoms with E-state index in [9.17, 15) is 9.18 Å². The average molecular weight is 411 g/mol. The standard InChI is InChI=1S/C19H19FN4O.2ClH/c20-17-6-2-1-4-13(17)10-15(11-21)24-18(25)8-7-14-12-23-19-16(14)5-3-9-22-19;;/h1-9,12,15H,10-11,21H2,(H,22,23)(H,24,25);2*1H/t15-;;/m0../s1. The van der Waals surface area contributed by atoms with Gasteiger partial charge in [0.15, 0.2) is 0 Å². The van der Waals surface area contributed by atoms with Gasteiger partial charge in [-0.15, -0.1) is 24.8 Å². The lowest BCUT2D eigenvalue weighted by atomic mass is 10.1. The molecular weight excluding hydrogens is 390 g/mol. The highest BCUT2D eigenvalue weighted by Crippen LogP contribution is 2.16. The van der Waals surface area contributed by atoms with Gasteiger partial charge in [0.05, 0.1) is 0 Å². The zero-order valence-electron chi connectivity index (χ0n) is 14.4. The Hall–Kier alpha value is -2.41. The Bertz CT molecular complexity index is 913. The van der Waals surface area contributed by atoms with Crippen LogP contribution in [0.1, 0.15) is 11.1 Å². The molecule has 5 nitrogen and oxygen atoms in total. The number of benzene rings is 1. The molecule has 0 saturated heterocycles. The molecule has 0 spiro atoms. The summed E-state index contributed by atoms with van der Waals surface area (Å²) < 4.78 is 13.7. The third-order valence-electron chi connectivity index (χ3n) is 3.95. The topological polar surface area (TPSA) is 83.8 Å². The molecule has 1 atom stereocenters. The van der Waals surface area contributed by atoms with E-state index in [4.69, 9.17) is 5.73 Å². The average Bonchev–Trinajstić information content (AvgIpc) is 3.04. The Kier molecular flexibility index (Phi) is 8.94. The fourth-order valence-electron chi connectivity index (χ4n) is 2.65. The smallest absolute Gasteiger partial charge is 0.244 e. The molecule has 8 heteroatoms. The van der Waals surface area contributed by atoms with Crippen molar-refractivity contribution in [3.05, 3.63) is 71.8 Å². The van der Waals surface area contributed by atoms with Crippen molar-refractivity contribution < 1.29 is 9.18 Å². The molecule has 0 unspecified atom stereocenters. The summed E-state index contributed by atoms with van der Waals surface area (Å²) in [6, 6.07) is 9.92. The second-order valence-corrected chi connectivity index (χ2v) is 5.71. The van der Waals surface area contributed by atoms with Crippen LogP contribution < -0.4 is 11.1 Å². The molecule has 0 fully saturated rings. The quantitative estimate of drug-likeness (QED) is 0.545. The number of rotatable bonds is 6. The SMILES string of the molecule is Cl.Cl.NC[C@H](Cc1ccccc1F)NC(=O)C=Cc1c[nH]c2ncccc12. The monoisotopic (exact) mass is 410 g/mol. The van der Waals surface area contributed by atoms with E-state index in [1.165, 1.54) is 12.1 Å². The predicted molar refractivity (Wildman–Crippen MR) is 111 cm³/mol. The van der Waals surface area contributed by atoms with Crippen molar-refractivity contribution >= 4 is 47.8 Å².